The number of nitrogens with one attached hydrogen (secondary N) is 1. The Bertz CT molecular complexity index is 353. The lowest BCUT2D eigenvalue weighted by molar-refractivity contribution is 0.0493. The van der Waals surface area contributed by atoms with E-state index in [2.05, 4.69) is 51.7 Å². The highest BCUT2D eigenvalue weighted by Gasteiger charge is 2.18. The number of rotatable bonds is 7. The minimum absolute atomic E-state index is 0.00870. The van der Waals surface area contributed by atoms with Gasteiger partial charge in [-0.3, -0.25) is 0 Å². The third kappa shape index (κ3) is 3.78. The predicted molar refractivity (Wildman–Crippen MR) is 82.9 cm³/mol. The molecule has 1 aromatic rings. The zero-order valence-corrected chi connectivity index (χ0v) is 13.7. The Morgan fingerprint density at radius 1 is 1.28 bits per heavy atom. The summed E-state index contributed by atoms with van der Waals surface area (Å²) in [5, 5.41) is 3.14. The Kier molecular flexibility index (Phi) is 6.85. The summed E-state index contributed by atoms with van der Waals surface area (Å²) in [6, 6.07) is 0. The highest BCUT2D eigenvalue weighted by molar-refractivity contribution is 14.1. The van der Waals surface area contributed by atoms with Crippen LogP contribution in [0.4, 0.5) is 5.82 Å². The Morgan fingerprint density at radius 2 is 2.00 bits per heavy atom. The summed E-state index contributed by atoms with van der Waals surface area (Å²) >= 11 is 2.30. The third-order valence-corrected chi connectivity index (χ3v) is 3.85. The van der Waals surface area contributed by atoms with Gasteiger partial charge >= 0.3 is 0 Å². The van der Waals surface area contributed by atoms with Crippen molar-refractivity contribution < 1.29 is 4.74 Å². The predicted octanol–water partition coefficient (Wildman–Crippen LogP) is 3.56. The van der Waals surface area contributed by atoms with Crippen molar-refractivity contribution in [1.29, 1.82) is 0 Å². The summed E-state index contributed by atoms with van der Waals surface area (Å²) in [5.41, 5.74) is 1.09. The molecule has 0 aliphatic heterocycles. The first kappa shape index (κ1) is 15.6. The van der Waals surface area contributed by atoms with Crippen molar-refractivity contribution in [2.75, 3.05) is 19.0 Å². The second kappa shape index (κ2) is 7.89. The average Bonchev–Trinajstić information content (AvgIpc) is 2.39. The van der Waals surface area contributed by atoms with E-state index in [1.54, 1.807) is 0 Å². The molecule has 5 heteroatoms. The average molecular weight is 363 g/mol. The number of anilines is 1. The second-order valence-corrected chi connectivity index (χ2v) is 5.11. The maximum Gasteiger partial charge on any atom is 0.159 e. The Hall–Kier alpha value is -0.430. The quantitative estimate of drug-likeness (QED) is 0.753. The van der Waals surface area contributed by atoms with Gasteiger partial charge in [-0.25, -0.2) is 9.97 Å². The van der Waals surface area contributed by atoms with Gasteiger partial charge in [0, 0.05) is 13.7 Å². The third-order valence-electron chi connectivity index (χ3n) is 2.72. The van der Waals surface area contributed by atoms with Crippen LogP contribution in [-0.2, 0) is 11.2 Å². The van der Waals surface area contributed by atoms with Crippen LogP contribution >= 0.6 is 22.6 Å². The van der Waals surface area contributed by atoms with Crippen LogP contribution in [0, 0.1) is 3.57 Å². The summed E-state index contributed by atoms with van der Waals surface area (Å²) in [5.74, 6) is 1.71. The fraction of sp³-hybridized carbons (Fsp3) is 0.692. The number of aromatic nitrogens is 2. The molecule has 0 aliphatic carbocycles. The summed E-state index contributed by atoms with van der Waals surface area (Å²) in [7, 11) is 1.89. The standard InChI is InChI=1S/C13H22IN3O/c1-5-8-10(18-7-3)12-16-9(6-2)11(14)13(15-4)17-12/h10H,5-8H2,1-4H3,(H,15,16,17). The molecule has 0 aromatic carbocycles. The van der Waals surface area contributed by atoms with Crippen LogP contribution in [0.1, 0.15) is 51.2 Å². The number of nitrogens with zero attached hydrogens (tertiary/aromatic N) is 2. The maximum absolute atomic E-state index is 5.75. The van der Waals surface area contributed by atoms with E-state index in [4.69, 9.17) is 4.74 Å². The molecule has 0 bridgehead atoms. The normalized spacial score (nSPS) is 12.5. The fourth-order valence-electron chi connectivity index (χ4n) is 1.81. The van der Waals surface area contributed by atoms with Crippen molar-refractivity contribution in [3.8, 4) is 0 Å². The lowest BCUT2D eigenvalue weighted by atomic mass is 10.2. The van der Waals surface area contributed by atoms with Gasteiger partial charge in [-0.2, -0.15) is 0 Å². The number of hydrogen-bond donors (Lipinski definition) is 1. The molecular weight excluding hydrogens is 341 g/mol. The first-order valence-electron chi connectivity index (χ1n) is 6.53. The highest BCUT2D eigenvalue weighted by Crippen LogP contribution is 2.25. The molecule has 1 unspecified atom stereocenters. The lowest BCUT2D eigenvalue weighted by Gasteiger charge is -2.17. The molecule has 1 aromatic heterocycles. The largest absolute Gasteiger partial charge is 0.372 e. The van der Waals surface area contributed by atoms with E-state index < -0.39 is 0 Å². The van der Waals surface area contributed by atoms with E-state index in [0.717, 1.165) is 40.2 Å². The number of ether oxygens (including phenoxy) is 1. The smallest absolute Gasteiger partial charge is 0.159 e. The Labute approximate surface area is 123 Å². The second-order valence-electron chi connectivity index (χ2n) is 4.03. The fourth-order valence-corrected chi connectivity index (χ4v) is 2.70. The summed E-state index contributed by atoms with van der Waals surface area (Å²) in [4.78, 5) is 9.24. The van der Waals surface area contributed by atoms with Crippen molar-refractivity contribution in [2.45, 2.75) is 46.1 Å². The number of aryl methyl sites for hydroxylation is 1. The van der Waals surface area contributed by atoms with Gasteiger partial charge in [0.15, 0.2) is 5.82 Å². The van der Waals surface area contributed by atoms with E-state index in [-0.39, 0.29) is 6.10 Å². The van der Waals surface area contributed by atoms with Gasteiger partial charge in [-0.05, 0) is 42.4 Å². The Morgan fingerprint density at radius 3 is 2.50 bits per heavy atom. The van der Waals surface area contributed by atoms with Crippen molar-refractivity contribution in [3.05, 3.63) is 15.1 Å². The van der Waals surface area contributed by atoms with Crippen LogP contribution < -0.4 is 5.32 Å². The zero-order chi connectivity index (χ0) is 13.5. The summed E-state index contributed by atoms with van der Waals surface area (Å²) < 4.78 is 6.86. The summed E-state index contributed by atoms with van der Waals surface area (Å²) in [6.07, 6.45) is 2.94. The van der Waals surface area contributed by atoms with Crippen LogP contribution in [-0.4, -0.2) is 23.6 Å². The molecule has 18 heavy (non-hydrogen) atoms. The van der Waals surface area contributed by atoms with Gasteiger partial charge in [0.1, 0.15) is 11.9 Å². The zero-order valence-electron chi connectivity index (χ0n) is 11.6. The first-order chi connectivity index (χ1) is 8.67. The summed E-state index contributed by atoms with van der Waals surface area (Å²) in [6.45, 7) is 6.97. The van der Waals surface area contributed by atoms with Crippen LogP contribution in [0.5, 0.6) is 0 Å². The molecule has 0 fully saturated rings. The van der Waals surface area contributed by atoms with Crippen LogP contribution in [0.15, 0.2) is 0 Å². The van der Waals surface area contributed by atoms with E-state index >= 15 is 0 Å². The van der Waals surface area contributed by atoms with Gasteiger partial charge in [0.25, 0.3) is 0 Å². The number of hydrogen-bond acceptors (Lipinski definition) is 4. The van der Waals surface area contributed by atoms with E-state index in [9.17, 15) is 0 Å². The minimum atomic E-state index is 0.00870. The van der Waals surface area contributed by atoms with E-state index in [1.807, 2.05) is 14.0 Å². The monoisotopic (exact) mass is 363 g/mol. The molecule has 0 spiro atoms. The maximum atomic E-state index is 5.75. The molecule has 1 rings (SSSR count). The van der Waals surface area contributed by atoms with Crippen LogP contribution in [0.2, 0.25) is 0 Å². The van der Waals surface area contributed by atoms with E-state index in [1.165, 1.54) is 0 Å². The first-order valence-corrected chi connectivity index (χ1v) is 7.61. The number of halogens is 1. The van der Waals surface area contributed by atoms with Gasteiger partial charge in [-0.1, -0.05) is 20.3 Å². The van der Waals surface area contributed by atoms with Crippen molar-refractivity contribution in [2.24, 2.45) is 0 Å². The van der Waals surface area contributed by atoms with Gasteiger partial charge in [-0.15, -0.1) is 0 Å². The molecule has 0 radical (unpaired) electrons. The minimum Gasteiger partial charge on any atom is -0.372 e. The van der Waals surface area contributed by atoms with Gasteiger partial charge in [0.05, 0.1) is 9.26 Å². The van der Waals surface area contributed by atoms with Crippen molar-refractivity contribution >= 4 is 28.4 Å². The molecule has 1 heterocycles. The lowest BCUT2D eigenvalue weighted by Crippen LogP contribution is -2.13. The molecule has 102 valence electrons. The van der Waals surface area contributed by atoms with Crippen molar-refractivity contribution in [1.82, 2.24) is 9.97 Å². The van der Waals surface area contributed by atoms with Crippen LogP contribution in [0.25, 0.3) is 0 Å². The Balaban J connectivity index is 3.13. The van der Waals surface area contributed by atoms with Crippen LogP contribution in [0.3, 0.4) is 0 Å². The van der Waals surface area contributed by atoms with E-state index in [0.29, 0.717) is 6.61 Å². The van der Waals surface area contributed by atoms with Crippen molar-refractivity contribution in [3.63, 3.8) is 0 Å². The molecular formula is C13H22IN3O. The molecule has 0 amide bonds. The molecule has 0 aliphatic rings. The SMILES string of the molecule is CCCC(OCC)c1nc(CC)c(I)c(NC)n1. The molecule has 4 nitrogen and oxygen atoms in total. The molecule has 0 saturated heterocycles. The molecule has 0 saturated carbocycles. The van der Waals surface area contributed by atoms with Gasteiger partial charge < -0.3 is 10.1 Å². The van der Waals surface area contributed by atoms with Gasteiger partial charge in [0.2, 0.25) is 0 Å². The molecule has 1 atom stereocenters. The molecule has 1 N–H and O–H groups in total. The topological polar surface area (TPSA) is 47.0 Å². The highest BCUT2D eigenvalue weighted by atomic mass is 127.